The molecule has 2 saturated heterocycles. The van der Waals surface area contributed by atoms with E-state index in [-0.39, 0.29) is 0 Å². The molecule has 88 valence electrons. The molecule has 3 unspecified atom stereocenters. The van der Waals surface area contributed by atoms with E-state index >= 15 is 0 Å². The Labute approximate surface area is 94.2 Å². The van der Waals surface area contributed by atoms with Gasteiger partial charge in [-0.1, -0.05) is 20.8 Å². The molecular weight excluding hydrogens is 184 g/mol. The second-order valence-corrected chi connectivity index (χ2v) is 5.78. The molecule has 0 spiro atoms. The molecule has 0 aromatic carbocycles. The summed E-state index contributed by atoms with van der Waals surface area (Å²) in [5.74, 6) is 0.785. The van der Waals surface area contributed by atoms with Gasteiger partial charge in [-0.05, 0) is 38.0 Å². The maximum absolute atomic E-state index is 6.11. The summed E-state index contributed by atoms with van der Waals surface area (Å²) in [4.78, 5) is 2.81. The molecule has 2 bridgehead atoms. The van der Waals surface area contributed by atoms with E-state index in [2.05, 4.69) is 25.7 Å². The fourth-order valence-electron chi connectivity index (χ4n) is 3.82. The fourth-order valence-corrected chi connectivity index (χ4v) is 3.82. The lowest BCUT2D eigenvalue weighted by atomic mass is 9.91. The van der Waals surface area contributed by atoms with Gasteiger partial charge in [0.25, 0.3) is 0 Å². The molecule has 2 aliphatic rings. The minimum atomic E-state index is 0.475. The van der Waals surface area contributed by atoms with Gasteiger partial charge in [-0.25, -0.2) is 0 Å². The van der Waals surface area contributed by atoms with E-state index < -0.39 is 0 Å². The van der Waals surface area contributed by atoms with Gasteiger partial charge < -0.3 is 5.73 Å². The molecule has 2 rings (SSSR count). The topological polar surface area (TPSA) is 29.3 Å². The molecule has 0 aliphatic carbocycles. The zero-order valence-electron chi connectivity index (χ0n) is 10.4. The summed E-state index contributed by atoms with van der Waals surface area (Å²) in [6.45, 7) is 7.06. The average Bonchev–Trinajstić information content (AvgIpc) is 2.44. The lowest BCUT2D eigenvalue weighted by Crippen LogP contribution is -2.53. The third-order valence-corrected chi connectivity index (χ3v) is 4.40. The van der Waals surface area contributed by atoms with E-state index in [0.717, 1.165) is 24.0 Å². The Morgan fingerprint density at radius 2 is 1.73 bits per heavy atom. The largest absolute Gasteiger partial charge is 0.328 e. The van der Waals surface area contributed by atoms with E-state index in [0.29, 0.717) is 6.04 Å². The van der Waals surface area contributed by atoms with Crippen LogP contribution < -0.4 is 5.73 Å². The summed E-state index contributed by atoms with van der Waals surface area (Å²) in [7, 11) is 0. The summed E-state index contributed by atoms with van der Waals surface area (Å²) in [6.07, 6.45) is 6.54. The first-order chi connectivity index (χ1) is 7.13. The van der Waals surface area contributed by atoms with E-state index in [9.17, 15) is 0 Å². The highest BCUT2D eigenvalue weighted by molar-refractivity contribution is 4.99. The summed E-state index contributed by atoms with van der Waals surface area (Å²) >= 11 is 0. The lowest BCUT2D eigenvalue weighted by Gasteiger charge is -2.44. The molecule has 0 aromatic rings. The van der Waals surface area contributed by atoms with Crippen LogP contribution in [-0.2, 0) is 0 Å². The maximum atomic E-state index is 6.11. The van der Waals surface area contributed by atoms with Crippen LogP contribution in [-0.4, -0.2) is 29.1 Å². The Morgan fingerprint density at radius 3 is 2.13 bits per heavy atom. The first kappa shape index (κ1) is 11.4. The first-order valence-corrected chi connectivity index (χ1v) is 6.66. The van der Waals surface area contributed by atoms with Gasteiger partial charge in [-0.15, -0.1) is 0 Å². The van der Waals surface area contributed by atoms with E-state index in [1.54, 1.807) is 0 Å². The predicted octanol–water partition coefficient (Wildman–Crippen LogP) is 2.38. The Bertz CT molecular complexity index is 201. The second kappa shape index (κ2) is 4.42. The van der Waals surface area contributed by atoms with Crippen LogP contribution in [0.15, 0.2) is 0 Å². The molecule has 0 saturated carbocycles. The number of hydrogen-bond donors (Lipinski definition) is 1. The monoisotopic (exact) mass is 210 g/mol. The highest BCUT2D eigenvalue weighted by Crippen LogP contribution is 2.38. The van der Waals surface area contributed by atoms with Crippen molar-refractivity contribution in [3.8, 4) is 0 Å². The van der Waals surface area contributed by atoms with Crippen LogP contribution in [0.25, 0.3) is 0 Å². The SMILES string of the molecule is CCC(C(C)C)N1C2CCC1CC(N)C2. The number of nitrogens with two attached hydrogens (primary N) is 1. The molecule has 2 nitrogen and oxygen atoms in total. The summed E-state index contributed by atoms with van der Waals surface area (Å²) in [6, 6.07) is 2.86. The molecule has 2 aliphatic heterocycles. The van der Waals surface area contributed by atoms with Crippen molar-refractivity contribution in [1.29, 1.82) is 0 Å². The van der Waals surface area contributed by atoms with Crippen molar-refractivity contribution in [2.75, 3.05) is 0 Å². The second-order valence-electron chi connectivity index (χ2n) is 5.78. The molecule has 2 N–H and O–H groups in total. The molecule has 2 fully saturated rings. The van der Waals surface area contributed by atoms with E-state index in [4.69, 9.17) is 5.73 Å². The Balaban J connectivity index is 2.09. The summed E-state index contributed by atoms with van der Waals surface area (Å²) in [5.41, 5.74) is 6.11. The van der Waals surface area contributed by atoms with Gasteiger partial charge in [0.2, 0.25) is 0 Å². The van der Waals surface area contributed by atoms with Crippen molar-refractivity contribution in [3.05, 3.63) is 0 Å². The van der Waals surface area contributed by atoms with Gasteiger partial charge in [0.15, 0.2) is 0 Å². The molecular formula is C13H26N2. The van der Waals surface area contributed by atoms with E-state index in [1.807, 2.05) is 0 Å². The Hall–Kier alpha value is -0.0800. The molecule has 0 amide bonds. The molecule has 0 aromatic heterocycles. The van der Waals surface area contributed by atoms with Crippen molar-refractivity contribution in [2.24, 2.45) is 11.7 Å². The van der Waals surface area contributed by atoms with Crippen molar-refractivity contribution < 1.29 is 0 Å². The van der Waals surface area contributed by atoms with Crippen molar-refractivity contribution in [2.45, 2.75) is 77.0 Å². The number of piperidine rings is 1. The molecule has 3 atom stereocenters. The number of nitrogens with zero attached hydrogens (tertiary/aromatic N) is 1. The zero-order chi connectivity index (χ0) is 11.0. The number of hydrogen-bond acceptors (Lipinski definition) is 2. The van der Waals surface area contributed by atoms with Crippen LogP contribution in [0.3, 0.4) is 0 Å². The quantitative estimate of drug-likeness (QED) is 0.775. The summed E-state index contributed by atoms with van der Waals surface area (Å²) < 4.78 is 0. The fraction of sp³-hybridized carbons (Fsp3) is 1.00. The van der Waals surface area contributed by atoms with Crippen molar-refractivity contribution in [1.82, 2.24) is 4.90 Å². The third kappa shape index (κ3) is 2.07. The minimum absolute atomic E-state index is 0.475. The highest BCUT2D eigenvalue weighted by atomic mass is 15.3. The van der Waals surface area contributed by atoms with Gasteiger partial charge in [0, 0.05) is 24.2 Å². The van der Waals surface area contributed by atoms with Crippen LogP contribution in [0.4, 0.5) is 0 Å². The minimum Gasteiger partial charge on any atom is -0.328 e. The molecule has 2 heteroatoms. The molecule has 0 radical (unpaired) electrons. The van der Waals surface area contributed by atoms with Crippen LogP contribution in [0.5, 0.6) is 0 Å². The maximum Gasteiger partial charge on any atom is 0.0121 e. The van der Waals surface area contributed by atoms with Crippen LogP contribution in [0, 0.1) is 5.92 Å². The van der Waals surface area contributed by atoms with Crippen LogP contribution in [0.2, 0.25) is 0 Å². The standard InChI is InChI=1S/C13H26N2/c1-4-13(9(2)3)15-11-5-6-12(15)8-10(14)7-11/h9-13H,4-8,14H2,1-3H3. The lowest BCUT2D eigenvalue weighted by molar-refractivity contribution is 0.0520. The van der Waals surface area contributed by atoms with Crippen molar-refractivity contribution >= 4 is 0 Å². The molecule has 2 heterocycles. The first-order valence-electron chi connectivity index (χ1n) is 6.66. The van der Waals surface area contributed by atoms with E-state index in [1.165, 1.54) is 32.1 Å². The highest BCUT2D eigenvalue weighted by Gasteiger charge is 2.42. The summed E-state index contributed by atoms with van der Waals surface area (Å²) in [5, 5.41) is 0. The van der Waals surface area contributed by atoms with Gasteiger partial charge in [-0.2, -0.15) is 0 Å². The van der Waals surface area contributed by atoms with Crippen LogP contribution >= 0.6 is 0 Å². The van der Waals surface area contributed by atoms with Gasteiger partial charge in [0.05, 0.1) is 0 Å². The Morgan fingerprint density at radius 1 is 1.20 bits per heavy atom. The molecule has 15 heavy (non-hydrogen) atoms. The normalized spacial score (nSPS) is 38.6. The average molecular weight is 210 g/mol. The van der Waals surface area contributed by atoms with Gasteiger partial charge in [-0.3, -0.25) is 4.90 Å². The van der Waals surface area contributed by atoms with Crippen LogP contribution in [0.1, 0.15) is 52.9 Å². The van der Waals surface area contributed by atoms with Crippen molar-refractivity contribution in [3.63, 3.8) is 0 Å². The zero-order valence-corrected chi connectivity index (χ0v) is 10.4. The third-order valence-electron chi connectivity index (χ3n) is 4.40. The predicted molar refractivity (Wildman–Crippen MR) is 64.8 cm³/mol. The van der Waals surface area contributed by atoms with Gasteiger partial charge >= 0.3 is 0 Å². The number of fused-ring (bicyclic) bond motifs is 2. The smallest absolute Gasteiger partial charge is 0.0121 e. The Kier molecular flexibility index (Phi) is 3.36. The van der Waals surface area contributed by atoms with Gasteiger partial charge in [0.1, 0.15) is 0 Å². The number of rotatable bonds is 3.